The van der Waals surface area contributed by atoms with Crippen molar-refractivity contribution in [3.63, 3.8) is 0 Å². The second kappa shape index (κ2) is 6.05. The third-order valence-corrected chi connectivity index (χ3v) is 2.81. The number of hydrogen-bond acceptors (Lipinski definition) is 5. The molecule has 0 radical (unpaired) electrons. The van der Waals surface area contributed by atoms with E-state index in [-0.39, 0.29) is 17.7 Å². The van der Waals surface area contributed by atoms with Crippen molar-refractivity contribution in [2.75, 3.05) is 0 Å². The van der Waals surface area contributed by atoms with Gasteiger partial charge in [0.2, 0.25) is 0 Å². The minimum atomic E-state index is -1.64. The molecule has 0 saturated carbocycles. The first-order valence-electron chi connectivity index (χ1n) is 6.49. The van der Waals surface area contributed by atoms with Crippen LogP contribution < -0.4 is 5.73 Å². The molecule has 0 aliphatic heterocycles. The van der Waals surface area contributed by atoms with Gasteiger partial charge in [-0.15, -0.1) is 6.58 Å². The summed E-state index contributed by atoms with van der Waals surface area (Å²) in [4.78, 5) is 23.0. The summed E-state index contributed by atoms with van der Waals surface area (Å²) in [6.07, 6.45) is 1.48. The summed E-state index contributed by atoms with van der Waals surface area (Å²) in [5.74, 6) is -0.718. The average molecular weight is 292 g/mol. The zero-order valence-electron chi connectivity index (χ0n) is 12.5. The molecule has 0 spiro atoms. The van der Waals surface area contributed by atoms with Crippen LogP contribution in [0.3, 0.4) is 0 Å². The Hall–Kier alpha value is -2.21. The number of rotatable bonds is 5. The first kappa shape index (κ1) is 16.8. The summed E-state index contributed by atoms with van der Waals surface area (Å²) in [7, 11) is 0. The Labute approximate surface area is 123 Å². The number of nitro groups is 1. The van der Waals surface area contributed by atoms with Gasteiger partial charge in [0.05, 0.1) is 10.5 Å². The van der Waals surface area contributed by atoms with Gasteiger partial charge in [-0.1, -0.05) is 18.2 Å². The van der Waals surface area contributed by atoms with Crippen LogP contribution in [0.15, 0.2) is 36.9 Å². The van der Waals surface area contributed by atoms with Crippen molar-refractivity contribution in [3.05, 3.63) is 52.6 Å². The zero-order valence-corrected chi connectivity index (χ0v) is 12.5. The molecular weight excluding hydrogens is 272 g/mol. The molecule has 0 saturated heterocycles. The number of carbonyl (C=O) groups is 1. The van der Waals surface area contributed by atoms with Gasteiger partial charge in [-0.25, -0.2) is 4.79 Å². The molecule has 0 unspecified atom stereocenters. The summed E-state index contributed by atoms with van der Waals surface area (Å²) in [5, 5.41) is 11.2. The fraction of sp³-hybridized carbons (Fsp3) is 0.400. The molecule has 114 valence electrons. The monoisotopic (exact) mass is 292 g/mol. The van der Waals surface area contributed by atoms with Crippen molar-refractivity contribution in [1.82, 2.24) is 0 Å². The molecule has 1 atom stereocenters. The Kier molecular flexibility index (Phi) is 4.85. The highest BCUT2D eigenvalue weighted by atomic mass is 16.6. The number of benzene rings is 1. The maximum absolute atomic E-state index is 12.4. The van der Waals surface area contributed by atoms with E-state index in [2.05, 4.69) is 6.58 Å². The van der Waals surface area contributed by atoms with Gasteiger partial charge in [0.15, 0.2) is 5.54 Å². The molecule has 1 aromatic rings. The van der Waals surface area contributed by atoms with Crippen LogP contribution in [0.4, 0.5) is 5.69 Å². The topological polar surface area (TPSA) is 95.5 Å². The quantitative estimate of drug-likeness (QED) is 0.389. The Balaban J connectivity index is 3.38. The molecule has 6 heteroatoms. The van der Waals surface area contributed by atoms with Gasteiger partial charge in [-0.2, -0.15) is 0 Å². The van der Waals surface area contributed by atoms with Crippen LogP contribution in [0.2, 0.25) is 0 Å². The molecule has 0 bridgehead atoms. The highest BCUT2D eigenvalue weighted by Gasteiger charge is 2.42. The van der Waals surface area contributed by atoms with Gasteiger partial charge < -0.3 is 10.5 Å². The Bertz CT molecular complexity index is 563. The minimum absolute atomic E-state index is 0.0345. The van der Waals surface area contributed by atoms with Crippen LogP contribution >= 0.6 is 0 Å². The van der Waals surface area contributed by atoms with Crippen LogP contribution in [0.5, 0.6) is 0 Å². The molecule has 0 heterocycles. The molecule has 0 aliphatic carbocycles. The number of carbonyl (C=O) groups excluding carboxylic acids is 1. The van der Waals surface area contributed by atoms with Gasteiger partial charge in [0, 0.05) is 6.07 Å². The third kappa shape index (κ3) is 3.88. The van der Waals surface area contributed by atoms with Crippen LogP contribution in [0, 0.1) is 10.1 Å². The van der Waals surface area contributed by atoms with Gasteiger partial charge in [-0.3, -0.25) is 10.1 Å². The molecule has 2 N–H and O–H groups in total. The predicted molar refractivity (Wildman–Crippen MR) is 79.6 cm³/mol. The second-order valence-corrected chi connectivity index (χ2v) is 5.74. The first-order valence-corrected chi connectivity index (χ1v) is 6.49. The van der Waals surface area contributed by atoms with Gasteiger partial charge in [0.1, 0.15) is 5.60 Å². The van der Waals surface area contributed by atoms with Crippen molar-refractivity contribution in [3.8, 4) is 0 Å². The lowest BCUT2D eigenvalue weighted by Gasteiger charge is -2.30. The van der Waals surface area contributed by atoms with E-state index >= 15 is 0 Å². The molecule has 0 amide bonds. The highest BCUT2D eigenvalue weighted by Crippen LogP contribution is 2.33. The minimum Gasteiger partial charge on any atom is -0.458 e. The first-order chi connectivity index (χ1) is 9.62. The van der Waals surface area contributed by atoms with Crippen LogP contribution in [0.1, 0.15) is 32.8 Å². The molecular formula is C15H20N2O4. The molecule has 0 aliphatic rings. The lowest BCUT2D eigenvalue weighted by Crippen LogP contribution is -2.48. The molecule has 0 aromatic heterocycles. The summed E-state index contributed by atoms with van der Waals surface area (Å²) in [6.45, 7) is 8.69. The standard InChI is InChI=1S/C15H20N2O4/c1-5-10-15(16,13(18)21-14(2,3)4)11-8-6-7-9-12(11)17(19)20/h5-9H,1,10,16H2,2-4H3/t15-/m0/s1. The van der Waals surface area contributed by atoms with E-state index < -0.39 is 22.0 Å². The normalized spacial score (nSPS) is 14.1. The fourth-order valence-electron chi connectivity index (χ4n) is 1.91. The number of nitro benzene ring substituents is 1. The number of para-hydroxylation sites is 1. The SMILES string of the molecule is C=CC[C@@](N)(C(=O)OC(C)(C)C)c1ccccc1[N+](=O)[O-]. The maximum Gasteiger partial charge on any atom is 0.331 e. The lowest BCUT2D eigenvalue weighted by atomic mass is 9.86. The fourth-order valence-corrected chi connectivity index (χ4v) is 1.91. The van der Waals surface area contributed by atoms with E-state index in [1.807, 2.05) is 0 Å². The Morgan fingerprint density at radius 2 is 2.00 bits per heavy atom. The summed E-state index contributed by atoms with van der Waals surface area (Å²) in [5.41, 5.74) is 3.69. The van der Waals surface area contributed by atoms with Gasteiger partial charge in [-0.05, 0) is 33.3 Å². The molecule has 6 nitrogen and oxygen atoms in total. The van der Waals surface area contributed by atoms with E-state index in [1.165, 1.54) is 24.3 Å². The average Bonchev–Trinajstić information content (AvgIpc) is 2.36. The van der Waals surface area contributed by atoms with Crippen molar-refractivity contribution in [2.45, 2.75) is 38.3 Å². The summed E-state index contributed by atoms with van der Waals surface area (Å²) < 4.78 is 5.31. The highest BCUT2D eigenvalue weighted by molar-refractivity contribution is 5.84. The predicted octanol–water partition coefficient (Wildman–Crippen LogP) is 2.67. The van der Waals surface area contributed by atoms with Gasteiger partial charge >= 0.3 is 5.97 Å². The van der Waals surface area contributed by atoms with E-state index in [1.54, 1.807) is 26.8 Å². The van der Waals surface area contributed by atoms with Crippen LogP contribution in [0.25, 0.3) is 0 Å². The van der Waals surface area contributed by atoms with Crippen molar-refractivity contribution >= 4 is 11.7 Å². The van der Waals surface area contributed by atoms with E-state index in [9.17, 15) is 14.9 Å². The Morgan fingerprint density at radius 3 is 2.48 bits per heavy atom. The molecule has 1 rings (SSSR count). The molecule has 21 heavy (non-hydrogen) atoms. The number of nitrogens with two attached hydrogens (primary N) is 1. The zero-order chi connectivity index (χ0) is 16.3. The van der Waals surface area contributed by atoms with Crippen molar-refractivity contribution in [2.24, 2.45) is 5.73 Å². The van der Waals surface area contributed by atoms with E-state index in [4.69, 9.17) is 10.5 Å². The lowest BCUT2D eigenvalue weighted by molar-refractivity contribution is -0.386. The van der Waals surface area contributed by atoms with Crippen LogP contribution in [-0.4, -0.2) is 16.5 Å². The smallest absolute Gasteiger partial charge is 0.331 e. The Morgan fingerprint density at radius 1 is 1.43 bits per heavy atom. The largest absolute Gasteiger partial charge is 0.458 e. The summed E-state index contributed by atoms with van der Waals surface area (Å²) >= 11 is 0. The number of nitrogens with zero attached hydrogens (tertiary/aromatic N) is 1. The number of ether oxygens (including phenoxy) is 1. The van der Waals surface area contributed by atoms with Gasteiger partial charge in [0.25, 0.3) is 5.69 Å². The second-order valence-electron chi connectivity index (χ2n) is 5.74. The van der Waals surface area contributed by atoms with E-state index in [0.717, 1.165) is 0 Å². The number of esters is 1. The molecule has 0 fully saturated rings. The van der Waals surface area contributed by atoms with Crippen molar-refractivity contribution in [1.29, 1.82) is 0 Å². The van der Waals surface area contributed by atoms with E-state index in [0.29, 0.717) is 0 Å². The third-order valence-electron chi connectivity index (χ3n) is 2.81. The summed E-state index contributed by atoms with van der Waals surface area (Å²) in [6, 6.07) is 5.89. The van der Waals surface area contributed by atoms with Crippen LogP contribution in [-0.2, 0) is 15.1 Å². The maximum atomic E-state index is 12.4. The number of hydrogen-bond donors (Lipinski definition) is 1. The van der Waals surface area contributed by atoms with Crippen molar-refractivity contribution < 1.29 is 14.5 Å². The molecule has 1 aromatic carbocycles.